The van der Waals surface area contributed by atoms with Gasteiger partial charge in [0.25, 0.3) is 0 Å². The molecule has 21 heavy (non-hydrogen) atoms. The molecule has 0 amide bonds. The van der Waals surface area contributed by atoms with Crippen LogP contribution in [-0.4, -0.2) is 25.4 Å². The number of hydrogen-bond acceptors (Lipinski definition) is 3. The standard InChI is InChI=1S/C16H26N2O2S/c1-5-9-19-14-8-7-13(11-15(14)20-10-6-2)12(3)18-16(21)17-4/h7-8,11-12H,5-6,9-10H2,1-4H3,(H2,17,18,21)/t12-/m0/s1. The molecule has 0 saturated carbocycles. The fourth-order valence-electron chi connectivity index (χ4n) is 1.80. The van der Waals surface area contributed by atoms with Gasteiger partial charge in [0.15, 0.2) is 16.6 Å². The Morgan fingerprint density at radius 3 is 2.33 bits per heavy atom. The van der Waals surface area contributed by atoms with Crippen LogP contribution in [0.5, 0.6) is 11.5 Å². The van der Waals surface area contributed by atoms with E-state index in [1.54, 1.807) is 7.05 Å². The van der Waals surface area contributed by atoms with Crippen LogP contribution in [0.4, 0.5) is 0 Å². The molecule has 1 atom stereocenters. The molecule has 1 aromatic rings. The van der Waals surface area contributed by atoms with Crippen molar-refractivity contribution in [3.63, 3.8) is 0 Å². The molecular formula is C16H26N2O2S. The average Bonchev–Trinajstić information content (AvgIpc) is 2.50. The Hall–Kier alpha value is -1.49. The van der Waals surface area contributed by atoms with Crippen molar-refractivity contribution < 1.29 is 9.47 Å². The van der Waals surface area contributed by atoms with E-state index in [1.165, 1.54) is 0 Å². The van der Waals surface area contributed by atoms with Gasteiger partial charge >= 0.3 is 0 Å². The Kier molecular flexibility index (Phi) is 7.90. The van der Waals surface area contributed by atoms with E-state index in [0.29, 0.717) is 18.3 Å². The quantitative estimate of drug-likeness (QED) is 0.720. The van der Waals surface area contributed by atoms with E-state index < -0.39 is 0 Å². The lowest BCUT2D eigenvalue weighted by atomic mass is 10.1. The van der Waals surface area contributed by atoms with Crippen molar-refractivity contribution in [3.8, 4) is 11.5 Å². The zero-order chi connectivity index (χ0) is 15.7. The monoisotopic (exact) mass is 310 g/mol. The molecule has 0 heterocycles. The molecule has 1 aromatic carbocycles. The largest absolute Gasteiger partial charge is 0.490 e. The van der Waals surface area contributed by atoms with Gasteiger partial charge < -0.3 is 20.1 Å². The summed E-state index contributed by atoms with van der Waals surface area (Å²) in [5.74, 6) is 1.60. The van der Waals surface area contributed by atoms with Crippen LogP contribution in [0.2, 0.25) is 0 Å². The summed E-state index contributed by atoms with van der Waals surface area (Å²) >= 11 is 5.14. The van der Waals surface area contributed by atoms with Crippen molar-refractivity contribution in [1.82, 2.24) is 10.6 Å². The zero-order valence-corrected chi connectivity index (χ0v) is 14.2. The molecule has 0 saturated heterocycles. The van der Waals surface area contributed by atoms with Gasteiger partial charge in [-0.25, -0.2) is 0 Å². The van der Waals surface area contributed by atoms with E-state index in [1.807, 2.05) is 18.2 Å². The fraction of sp³-hybridized carbons (Fsp3) is 0.562. The van der Waals surface area contributed by atoms with Gasteiger partial charge in [0.05, 0.1) is 19.3 Å². The summed E-state index contributed by atoms with van der Waals surface area (Å²) in [6.45, 7) is 7.62. The first kappa shape index (κ1) is 17.6. The van der Waals surface area contributed by atoms with Crippen LogP contribution in [0.15, 0.2) is 18.2 Å². The number of nitrogens with one attached hydrogen (secondary N) is 2. The summed E-state index contributed by atoms with van der Waals surface area (Å²) in [5, 5.41) is 6.76. The fourth-order valence-corrected chi connectivity index (χ4v) is 1.98. The molecule has 4 nitrogen and oxygen atoms in total. The van der Waals surface area contributed by atoms with Gasteiger partial charge in [-0.3, -0.25) is 0 Å². The van der Waals surface area contributed by atoms with Crippen LogP contribution in [-0.2, 0) is 0 Å². The predicted molar refractivity (Wildman–Crippen MR) is 91.2 cm³/mol. The summed E-state index contributed by atoms with van der Waals surface area (Å²) in [6, 6.07) is 6.14. The van der Waals surface area contributed by atoms with Crippen molar-refractivity contribution in [3.05, 3.63) is 23.8 Å². The van der Waals surface area contributed by atoms with Crippen LogP contribution in [0.25, 0.3) is 0 Å². The molecule has 0 aliphatic heterocycles. The second-order valence-corrected chi connectivity index (χ2v) is 5.26. The number of hydrogen-bond donors (Lipinski definition) is 2. The zero-order valence-electron chi connectivity index (χ0n) is 13.4. The average molecular weight is 310 g/mol. The minimum absolute atomic E-state index is 0.106. The number of thiocarbonyl (C=S) groups is 1. The van der Waals surface area contributed by atoms with Crippen molar-refractivity contribution in [2.45, 2.75) is 39.7 Å². The van der Waals surface area contributed by atoms with E-state index in [2.05, 4.69) is 31.4 Å². The molecular weight excluding hydrogens is 284 g/mol. The second-order valence-electron chi connectivity index (χ2n) is 4.85. The van der Waals surface area contributed by atoms with E-state index in [4.69, 9.17) is 21.7 Å². The highest BCUT2D eigenvalue weighted by Gasteiger charge is 2.11. The molecule has 1 rings (SSSR count). The van der Waals surface area contributed by atoms with Crippen LogP contribution in [0.1, 0.15) is 45.2 Å². The van der Waals surface area contributed by atoms with Gasteiger partial charge in [0, 0.05) is 7.05 Å². The van der Waals surface area contributed by atoms with Crippen molar-refractivity contribution in [1.29, 1.82) is 0 Å². The molecule has 0 fully saturated rings. The summed E-state index contributed by atoms with van der Waals surface area (Å²) in [7, 11) is 1.81. The van der Waals surface area contributed by atoms with Crippen LogP contribution in [0, 0.1) is 0 Å². The van der Waals surface area contributed by atoms with Gasteiger partial charge in [-0.2, -0.15) is 0 Å². The Bertz CT molecular complexity index is 452. The Labute approximate surface area is 133 Å². The lowest BCUT2D eigenvalue weighted by Crippen LogP contribution is -2.34. The summed E-state index contributed by atoms with van der Waals surface area (Å²) in [6.07, 6.45) is 1.94. The van der Waals surface area contributed by atoms with Crippen LogP contribution in [0.3, 0.4) is 0 Å². The molecule has 0 radical (unpaired) electrons. The Balaban J connectivity index is 2.88. The first-order valence-corrected chi connectivity index (χ1v) is 7.90. The number of benzene rings is 1. The summed E-state index contributed by atoms with van der Waals surface area (Å²) in [4.78, 5) is 0. The number of ether oxygens (including phenoxy) is 2. The van der Waals surface area contributed by atoms with Crippen molar-refractivity contribution >= 4 is 17.3 Å². The summed E-state index contributed by atoms with van der Waals surface area (Å²) < 4.78 is 11.5. The first-order chi connectivity index (χ1) is 10.1. The molecule has 5 heteroatoms. The molecule has 0 aromatic heterocycles. The van der Waals surface area contributed by atoms with Crippen molar-refractivity contribution in [2.75, 3.05) is 20.3 Å². The summed E-state index contributed by atoms with van der Waals surface area (Å²) in [5.41, 5.74) is 1.11. The lowest BCUT2D eigenvalue weighted by Gasteiger charge is -2.19. The molecule has 0 unspecified atom stereocenters. The van der Waals surface area contributed by atoms with E-state index >= 15 is 0 Å². The minimum Gasteiger partial charge on any atom is -0.490 e. The maximum atomic E-state index is 5.80. The first-order valence-electron chi connectivity index (χ1n) is 7.50. The van der Waals surface area contributed by atoms with Crippen LogP contribution >= 0.6 is 12.2 Å². The smallest absolute Gasteiger partial charge is 0.166 e. The third-order valence-corrected chi connectivity index (χ3v) is 3.29. The van der Waals surface area contributed by atoms with Crippen molar-refractivity contribution in [2.24, 2.45) is 0 Å². The third-order valence-electron chi connectivity index (χ3n) is 2.97. The molecule has 0 aliphatic rings. The van der Waals surface area contributed by atoms with Gasteiger partial charge in [-0.1, -0.05) is 19.9 Å². The molecule has 0 bridgehead atoms. The Morgan fingerprint density at radius 1 is 1.14 bits per heavy atom. The Morgan fingerprint density at radius 2 is 1.76 bits per heavy atom. The highest BCUT2D eigenvalue weighted by atomic mass is 32.1. The second kappa shape index (κ2) is 9.45. The maximum Gasteiger partial charge on any atom is 0.166 e. The maximum absolute atomic E-state index is 5.80. The van der Waals surface area contributed by atoms with Gasteiger partial charge in [0.1, 0.15) is 0 Å². The number of rotatable bonds is 8. The van der Waals surface area contributed by atoms with E-state index in [9.17, 15) is 0 Å². The SMILES string of the molecule is CCCOc1ccc([C@H](C)NC(=S)NC)cc1OCCC. The van der Waals surface area contributed by atoms with E-state index in [0.717, 1.165) is 29.9 Å². The predicted octanol–water partition coefficient (Wildman–Crippen LogP) is 3.42. The highest BCUT2D eigenvalue weighted by Crippen LogP contribution is 2.31. The topological polar surface area (TPSA) is 42.5 Å². The van der Waals surface area contributed by atoms with E-state index in [-0.39, 0.29) is 6.04 Å². The lowest BCUT2D eigenvalue weighted by molar-refractivity contribution is 0.268. The van der Waals surface area contributed by atoms with Gasteiger partial charge in [0.2, 0.25) is 0 Å². The molecule has 2 N–H and O–H groups in total. The molecule has 0 spiro atoms. The third kappa shape index (κ3) is 5.79. The molecule has 0 aliphatic carbocycles. The van der Waals surface area contributed by atoms with Crippen LogP contribution < -0.4 is 20.1 Å². The highest BCUT2D eigenvalue weighted by molar-refractivity contribution is 7.80. The minimum atomic E-state index is 0.106. The normalized spacial score (nSPS) is 11.6. The molecule has 118 valence electrons. The van der Waals surface area contributed by atoms with Gasteiger partial charge in [-0.15, -0.1) is 0 Å². The van der Waals surface area contributed by atoms with Gasteiger partial charge in [-0.05, 0) is 49.7 Å².